The molecule has 1 aromatic rings. The highest BCUT2D eigenvalue weighted by Gasteiger charge is 2.18. The van der Waals surface area contributed by atoms with E-state index in [2.05, 4.69) is 4.72 Å². The average molecular weight is 292 g/mol. The third-order valence-corrected chi connectivity index (χ3v) is 5.19. The van der Waals surface area contributed by atoms with Crippen LogP contribution in [0.25, 0.3) is 0 Å². The number of benzene rings is 1. The molecule has 6 nitrogen and oxygen atoms in total. The highest BCUT2D eigenvalue weighted by atomic mass is 32.2. The molecule has 0 saturated carbocycles. The van der Waals surface area contributed by atoms with Crippen LogP contribution < -0.4 is 9.86 Å². The van der Waals surface area contributed by atoms with Gasteiger partial charge in [0.2, 0.25) is 20.0 Å². The topological polar surface area (TPSA) is 106 Å². The van der Waals surface area contributed by atoms with Gasteiger partial charge in [0.1, 0.15) is 0 Å². The molecule has 0 spiro atoms. The van der Waals surface area contributed by atoms with E-state index in [4.69, 9.17) is 5.14 Å². The Bertz CT molecular complexity index is 648. The molecule has 0 atom stereocenters. The molecule has 1 rings (SSSR count). The van der Waals surface area contributed by atoms with Crippen molar-refractivity contribution in [2.75, 3.05) is 4.72 Å². The second kappa shape index (κ2) is 4.87. The average Bonchev–Trinajstić information content (AvgIpc) is 2.18. The van der Waals surface area contributed by atoms with Crippen molar-refractivity contribution < 1.29 is 16.8 Å². The van der Waals surface area contributed by atoms with E-state index >= 15 is 0 Å². The summed E-state index contributed by atoms with van der Waals surface area (Å²) in [4.78, 5) is -0.0912. The summed E-state index contributed by atoms with van der Waals surface area (Å²) >= 11 is 0. The number of rotatable bonds is 4. The molecule has 0 amide bonds. The number of primary sulfonamides is 1. The van der Waals surface area contributed by atoms with Gasteiger partial charge in [-0.1, -0.05) is 6.07 Å². The van der Waals surface area contributed by atoms with Crippen molar-refractivity contribution in [3.05, 3.63) is 23.8 Å². The number of aryl methyl sites for hydroxylation is 1. The van der Waals surface area contributed by atoms with Crippen molar-refractivity contribution in [2.45, 2.75) is 30.9 Å². The van der Waals surface area contributed by atoms with Crippen molar-refractivity contribution in [3.8, 4) is 0 Å². The number of hydrogen-bond donors (Lipinski definition) is 2. The predicted molar refractivity (Wildman–Crippen MR) is 70.2 cm³/mol. The summed E-state index contributed by atoms with van der Waals surface area (Å²) in [5.74, 6) is 0. The highest BCUT2D eigenvalue weighted by Crippen LogP contribution is 2.20. The van der Waals surface area contributed by atoms with Crippen LogP contribution in [0.5, 0.6) is 0 Å². The van der Waals surface area contributed by atoms with E-state index in [0.717, 1.165) is 0 Å². The van der Waals surface area contributed by atoms with Crippen molar-refractivity contribution in [2.24, 2.45) is 5.14 Å². The van der Waals surface area contributed by atoms with E-state index in [-0.39, 0.29) is 10.6 Å². The first-order valence-corrected chi connectivity index (χ1v) is 8.28. The zero-order chi connectivity index (χ0) is 14.1. The summed E-state index contributed by atoms with van der Waals surface area (Å²) in [5.41, 5.74) is 0.642. The Morgan fingerprint density at radius 1 is 1.17 bits per heavy atom. The lowest BCUT2D eigenvalue weighted by Gasteiger charge is -2.12. The molecule has 0 fully saturated rings. The Balaban J connectivity index is 3.24. The summed E-state index contributed by atoms with van der Waals surface area (Å²) in [6.45, 7) is 4.63. The molecule has 0 heterocycles. The van der Waals surface area contributed by atoms with Crippen molar-refractivity contribution in [1.29, 1.82) is 0 Å². The van der Waals surface area contributed by atoms with Crippen LogP contribution in [-0.4, -0.2) is 22.1 Å². The number of nitrogens with one attached hydrogen (secondary N) is 1. The van der Waals surface area contributed by atoms with E-state index in [1.165, 1.54) is 32.0 Å². The van der Waals surface area contributed by atoms with E-state index in [0.29, 0.717) is 5.56 Å². The van der Waals surface area contributed by atoms with Gasteiger partial charge >= 0.3 is 0 Å². The maximum atomic E-state index is 11.7. The van der Waals surface area contributed by atoms with E-state index < -0.39 is 25.3 Å². The van der Waals surface area contributed by atoms with Gasteiger partial charge in [-0.25, -0.2) is 22.0 Å². The van der Waals surface area contributed by atoms with E-state index in [1.54, 1.807) is 6.92 Å². The lowest BCUT2D eigenvalue weighted by molar-refractivity contribution is 0.591. The summed E-state index contributed by atoms with van der Waals surface area (Å²) in [7, 11) is -7.38. The molecule has 0 unspecified atom stereocenters. The normalized spacial score (nSPS) is 12.7. The van der Waals surface area contributed by atoms with Crippen LogP contribution in [0.15, 0.2) is 23.1 Å². The molecule has 0 aliphatic carbocycles. The van der Waals surface area contributed by atoms with Gasteiger partial charge < -0.3 is 0 Å². The number of hydrogen-bond acceptors (Lipinski definition) is 4. The molecule has 0 aliphatic rings. The quantitative estimate of drug-likeness (QED) is 0.855. The Hall–Kier alpha value is -1.12. The lowest BCUT2D eigenvalue weighted by atomic mass is 10.2. The summed E-state index contributed by atoms with van der Waals surface area (Å²) in [6, 6.07) is 4.20. The first-order valence-electron chi connectivity index (χ1n) is 5.19. The molecule has 0 aromatic heterocycles. The molecular formula is C10H16N2O4S2. The Labute approximate surface area is 107 Å². The van der Waals surface area contributed by atoms with Crippen LogP contribution in [0.1, 0.15) is 19.4 Å². The fourth-order valence-electron chi connectivity index (χ4n) is 1.25. The van der Waals surface area contributed by atoms with Gasteiger partial charge in [0.25, 0.3) is 0 Å². The minimum absolute atomic E-state index is 0.0912. The van der Waals surface area contributed by atoms with Crippen LogP contribution in [0.3, 0.4) is 0 Å². The van der Waals surface area contributed by atoms with Crippen LogP contribution in [0, 0.1) is 6.92 Å². The van der Waals surface area contributed by atoms with Gasteiger partial charge in [0.15, 0.2) is 0 Å². The van der Waals surface area contributed by atoms with Crippen LogP contribution in [0.4, 0.5) is 5.69 Å². The fourth-order valence-corrected chi connectivity index (χ4v) is 2.75. The second-order valence-corrected chi connectivity index (χ2v) is 7.99. The maximum Gasteiger partial charge on any atom is 0.238 e. The first kappa shape index (κ1) is 14.9. The highest BCUT2D eigenvalue weighted by molar-refractivity contribution is 7.93. The third-order valence-electron chi connectivity index (χ3n) is 2.38. The number of anilines is 1. The van der Waals surface area contributed by atoms with Crippen LogP contribution >= 0.6 is 0 Å². The number of nitrogens with two attached hydrogens (primary N) is 1. The molecular weight excluding hydrogens is 276 g/mol. The van der Waals surface area contributed by atoms with Gasteiger partial charge in [-0.3, -0.25) is 4.72 Å². The molecule has 0 bridgehead atoms. The van der Waals surface area contributed by atoms with Gasteiger partial charge in [0, 0.05) is 5.69 Å². The summed E-state index contributed by atoms with van der Waals surface area (Å²) in [5, 5.41) is 4.43. The summed E-state index contributed by atoms with van der Waals surface area (Å²) < 4.78 is 48.2. The van der Waals surface area contributed by atoms with Gasteiger partial charge in [-0.15, -0.1) is 0 Å². The first-order chi connectivity index (χ1) is 8.04. The minimum atomic E-state index is -3.87. The van der Waals surface area contributed by atoms with Gasteiger partial charge in [0.05, 0.1) is 10.1 Å². The van der Waals surface area contributed by atoms with Crippen LogP contribution in [-0.2, 0) is 20.0 Å². The zero-order valence-electron chi connectivity index (χ0n) is 10.3. The largest absolute Gasteiger partial charge is 0.283 e. The SMILES string of the molecule is Cc1ccc(NS(=O)(=O)C(C)C)cc1S(N)(=O)=O. The molecule has 8 heteroatoms. The van der Waals surface area contributed by atoms with Crippen molar-refractivity contribution in [3.63, 3.8) is 0 Å². The standard InChI is InChI=1S/C10H16N2O4S2/c1-7(2)18(15,16)12-9-5-4-8(3)10(6-9)17(11,13)14/h4-7,12H,1-3H3,(H2,11,13,14). The molecule has 1 aromatic carbocycles. The molecule has 0 aliphatic heterocycles. The molecule has 102 valence electrons. The number of sulfonamides is 2. The minimum Gasteiger partial charge on any atom is -0.283 e. The van der Waals surface area contributed by atoms with Gasteiger partial charge in [-0.05, 0) is 38.5 Å². The van der Waals surface area contributed by atoms with E-state index in [1.807, 2.05) is 0 Å². The molecule has 3 N–H and O–H groups in total. The third kappa shape index (κ3) is 3.44. The Morgan fingerprint density at radius 2 is 1.72 bits per heavy atom. The predicted octanol–water partition coefficient (Wildman–Crippen LogP) is 0.793. The fraction of sp³-hybridized carbons (Fsp3) is 0.400. The summed E-state index contributed by atoms with van der Waals surface area (Å²) in [6.07, 6.45) is 0. The van der Waals surface area contributed by atoms with Crippen molar-refractivity contribution >= 4 is 25.7 Å². The molecule has 0 radical (unpaired) electrons. The van der Waals surface area contributed by atoms with Crippen LogP contribution in [0.2, 0.25) is 0 Å². The van der Waals surface area contributed by atoms with E-state index in [9.17, 15) is 16.8 Å². The Kier molecular flexibility index (Phi) is 4.04. The molecule has 18 heavy (non-hydrogen) atoms. The Morgan fingerprint density at radius 3 is 2.17 bits per heavy atom. The zero-order valence-corrected chi connectivity index (χ0v) is 12.0. The molecule has 0 saturated heterocycles. The monoisotopic (exact) mass is 292 g/mol. The smallest absolute Gasteiger partial charge is 0.238 e. The lowest BCUT2D eigenvalue weighted by Crippen LogP contribution is -2.23. The maximum absolute atomic E-state index is 11.7. The second-order valence-electron chi connectivity index (χ2n) is 4.22. The van der Waals surface area contributed by atoms with Crippen molar-refractivity contribution in [1.82, 2.24) is 0 Å². The van der Waals surface area contributed by atoms with Gasteiger partial charge in [-0.2, -0.15) is 0 Å².